The summed E-state index contributed by atoms with van der Waals surface area (Å²) in [6, 6.07) is 13.4. The lowest BCUT2D eigenvalue weighted by atomic mass is 10.1. The second kappa shape index (κ2) is 6.09. The van der Waals surface area contributed by atoms with Crippen molar-refractivity contribution in [3.63, 3.8) is 0 Å². The predicted octanol–water partition coefficient (Wildman–Crippen LogP) is 2.43. The molecule has 0 aliphatic rings. The molecule has 0 radical (unpaired) electrons. The van der Waals surface area contributed by atoms with Crippen molar-refractivity contribution < 1.29 is 0 Å². The molecular formula is C15H11N5. The largest absolute Gasteiger partial charge is 0.382 e. The number of nitrogens with zero attached hydrogens (tertiary/aromatic N) is 3. The minimum Gasteiger partial charge on any atom is -0.382 e. The zero-order chi connectivity index (χ0) is 14.4. The Morgan fingerprint density at radius 3 is 2.60 bits per heavy atom. The number of allylic oxidation sites excluding steroid dienone is 1. The molecule has 5 nitrogen and oxygen atoms in total. The fourth-order valence-electron chi connectivity index (χ4n) is 1.98. The van der Waals surface area contributed by atoms with Gasteiger partial charge in [-0.15, -0.1) is 0 Å². The molecule has 2 rings (SSSR count). The maximum Gasteiger partial charge on any atom is 0.153 e. The van der Waals surface area contributed by atoms with E-state index in [0.29, 0.717) is 18.7 Å². The molecule has 2 aromatic rings. The Morgan fingerprint density at radius 1 is 1.15 bits per heavy atom. The van der Waals surface area contributed by atoms with E-state index in [2.05, 4.69) is 10.3 Å². The number of hydrogen-bond acceptors (Lipinski definition) is 4. The second-order valence-corrected chi connectivity index (χ2v) is 4.06. The van der Waals surface area contributed by atoms with Gasteiger partial charge >= 0.3 is 0 Å². The van der Waals surface area contributed by atoms with Crippen LogP contribution in [0.15, 0.2) is 36.0 Å². The number of aromatic amines is 1. The fraction of sp³-hybridized carbons (Fsp3) is 0.133. The van der Waals surface area contributed by atoms with Gasteiger partial charge in [0, 0.05) is 29.2 Å². The van der Waals surface area contributed by atoms with Crippen molar-refractivity contribution >= 4 is 16.6 Å². The van der Waals surface area contributed by atoms with Gasteiger partial charge in [0.25, 0.3) is 0 Å². The number of benzene rings is 1. The Hall–Kier alpha value is -3.23. The van der Waals surface area contributed by atoms with Gasteiger partial charge in [-0.25, -0.2) is 0 Å². The lowest BCUT2D eigenvalue weighted by Crippen LogP contribution is -2.15. The van der Waals surface area contributed by atoms with Gasteiger partial charge < -0.3 is 10.3 Å². The second-order valence-electron chi connectivity index (χ2n) is 4.06. The summed E-state index contributed by atoms with van der Waals surface area (Å²) >= 11 is 0. The van der Waals surface area contributed by atoms with Crippen LogP contribution in [0.3, 0.4) is 0 Å². The molecule has 1 aromatic carbocycles. The van der Waals surface area contributed by atoms with Crippen LogP contribution >= 0.6 is 0 Å². The molecule has 0 saturated heterocycles. The molecule has 0 aliphatic heterocycles. The molecule has 0 aliphatic carbocycles. The van der Waals surface area contributed by atoms with E-state index < -0.39 is 0 Å². The molecule has 0 amide bonds. The molecule has 2 N–H and O–H groups in total. The Morgan fingerprint density at radius 2 is 1.90 bits per heavy atom. The van der Waals surface area contributed by atoms with Crippen LogP contribution in [0.25, 0.3) is 16.6 Å². The molecule has 96 valence electrons. The molecule has 0 spiro atoms. The number of hydrogen-bond donors (Lipinski definition) is 2. The summed E-state index contributed by atoms with van der Waals surface area (Å²) in [5, 5.41) is 30.7. The number of nitrogens with one attached hydrogen (secondary N) is 2. The van der Waals surface area contributed by atoms with Gasteiger partial charge in [0.05, 0.1) is 18.2 Å². The first-order valence-electron chi connectivity index (χ1n) is 6.03. The van der Waals surface area contributed by atoms with Crippen molar-refractivity contribution in [1.29, 1.82) is 15.8 Å². The number of aromatic nitrogens is 1. The Balaban J connectivity index is 2.53. The van der Waals surface area contributed by atoms with Crippen LogP contribution in [0.5, 0.6) is 0 Å². The summed E-state index contributed by atoms with van der Waals surface area (Å²) in [5.74, 6) is 0. The highest BCUT2D eigenvalue weighted by molar-refractivity contribution is 5.94. The predicted molar refractivity (Wildman–Crippen MR) is 74.7 cm³/mol. The van der Waals surface area contributed by atoms with E-state index in [1.165, 1.54) is 0 Å². The minimum absolute atomic E-state index is 0.00712. The van der Waals surface area contributed by atoms with Crippen molar-refractivity contribution in [2.24, 2.45) is 0 Å². The maximum atomic E-state index is 9.08. The normalized spacial score (nSPS) is 9.25. The van der Waals surface area contributed by atoms with Crippen LogP contribution in [0.4, 0.5) is 0 Å². The summed E-state index contributed by atoms with van der Waals surface area (Å²) in [4.78, 5) is 3.10. The topological polar surface area (TPSA) is 99.2 Å². The van der Waals surface area contributed by atoms with Gasteiger partial charge in [0.15, 0.2) is 5.57 Å². The van der Waals surface area contributed by atoms with Crippen LogP contribution in [0.2, 0.25) is 0 Å². The average molecular weight is 261 g/mol. The molecule has 0 fully saturated rings. The summed E-state index contributed by atoms with van der Waals surface area (Å²) in [6.45, 7) is 0.387. The number of para-hydroxylation sites is 1. The summed E-state index contributed by atoms with van der Waals surface area (Å²) < 4.78 is 0. The first-order valence-corrected chi connectivity index (χ1v) is 6.03. The third-order valence-electron chi connectivity index (χ3n) is 2.87. The Labute approximate surface area is 116 Å². The molecule has 0 unspecified atom stereocenters. The smallest absolute Gasteiger partial charge is 0.153 e. The van der Waals surface area contributed by atoms with Gasteiger partial charge in [-0.05, 0) is 6.07 Å². The third-order valence-corrected chi connectivity index (χ3v) is 2.87. The van der Waals surface area contributed by atoms with Gasteiger partial charge in [0.1, 0.15) is 12.1 Å². The zero-order valence-electron chi connectivity index (χ0n) is 10.6. The van der Waals surface area contributed by atoms with Gasteiger partial charge in [-0.2, -0.15) is 15.8 Å². The van der Waals surface area contributed by atoms with Crippen molar-refractivity contribution in [1.82, 2.24) is 10.3 Å². The maximum absolute atomic E-state index is 9.08. The number of fused-ring (bicyclic) bond motifs is 1. The van der Waals surface area contributed by atoms with E-state index in [4.69, 9.17) is 15.8 Å². The van der Waals surface area contributed by atoms with Crippen LogP contribution in [-0.4, -0.2) is 11.5 Å². The van der Waals surface area contributed by atoms with Crippen LogP contribution in [-0.2, 0) is 0 Å². The van der Waals surface area contributed by atoms with Crippen molar-refractivity contribution in [3.8, 4) is 18.2 Å². The Kier molecular flexibility index (Phi) is 4.02. The molecule has 0 bridgehead atoms. The lowest BCUT2D eigenvalue weighted by molar-refractivity contribution is 0.874. The summed E-state index contributed by atoms with van der Waals surface area (Å²) in [6.07, 6.45) is 2.06. The van der Waals surface area contributed by atoms with Gasteiger partial charge in [-0.3, -0.25) is 0 Å². The Bertz CT molecular complexity index is 761. The van der Waals surface area contributed by atoms with Gasteiger partial charge in [-0.1, -0.05) is 18.2 Å². The molecule has 5 heteroatoms. The highest BCUT2D eigenvalue weighted by Crippen LogP contribution is 2.25. The fourth-order valence-corrected chi connectivity index (χ4v) is 1.98. The van der Waals surface area contributed by atoms with Crippen LogP contribution in [0, 0.1) is 34.0 Å². The van der Waals surface area contributed by atoms with Crippen molar-refractivity contribution in [3.05, 3.63) is 41.6 Å². The molecular weight excluding hydrogens is 250 g/mol. The zero-order valence-corrected chi connectivity index (χ0v) is 10.6. The molecule has 1 aromatic heterocycles. The number of H-pyrrole nitrogens is 1. The van der Waals surface area contributed by atoms with Crippen molar-refractivity contribution in [2.75, 3.05) is 6.54 Å². The van der Waals surface area contributed by atoms with E-state index in [-0.39, 0.29) is 5.57 Å². The molecule has 20 heavy (non-hydrogen) atoms. The first kappa shape index (κ1) is 13.2. The number of rotatable bonds is 4. The van der Waals surface area contributed by atoms with E-state index >= 15 is 0 Å². The monoisotopic (exact) mass is 261 g/mol. The molecule has 0 atom stereocenters. The van der Waals surface area contributed by atoms with Gasteiger partial charge in [0.2, 0.25) is 0 Å². The van der Waals surface area contributed by atoms with Crippen molar-refractivity contribution in [2.45, 2.75) is 6.42 Å². The number of nitriles is 3. The first-order chi connectivity index (χ1) is 9.81. The van der Waals surface area contributed by atoms with E-state index in [1.54, 1.807) is 6.20 Å². The highest BCUT2D eigenvalue weighted by atomic mass is 14.9. The third kappa shape index (κ3) is 2.46. The molecule has 0 saturated carbocycles. The van der Waals surface area contributed by atoms with E-state index in [0.717, 1.165) is 16.5 Å². The summed E-state index contributed by atoms with van der Waals surface area (Å²) in [5.41, 5.74) is 2.16. The van der Waals surface area contributed by atoms with E-state index in [1.807, 2.05) is 42.5 Å². The SMILES string of the molecule is N#CCCNC(=C(C#N)C#N)c1c[nH]c2ccccc12. The molecule has 1 heterocycles. The standard InChI is InChI=1S/C15H11N5/c16-6-3-7-19-15(11(8-17)9-18)13-10-20-14-5-2-1-4-12(13)14/h1-2,4-5,10,19-20H,3,7H2. The minimum atomic E-state index is 0.00712. The lowest BCUT2D eigenvalue weighted by Gasteiger charge is -2.08. The summed E-state index contributed by atoms with van der Waals surface area (Å²) in [7, 11) is 0. The van der Waals surface area contributed by atoms with E-state index in [9.17, 15) is 0 Å². The highest BCUT2D eigenvalue weighted by Gasteiger charge is 2.13. The van der Waals surface area contributed by atoms with Crippen LogP contribution < -0.4 is 5.32 Å². The average Bonchev–Trinajstić information content (AvgIpc) is 2.91. The van der Waals surface area contributed by atoms with Crippen LogP contribution in [0.1, 0.15) is 12.0 Å². The quantitative estimate of drug-likeness (QED) is 0.652.